The summed E-state index contributed by atoms with van der Waals surface area (Å²) < 4.78 is 7.31. The van der Waals surface area contributed by atoms with Crippen molar-refractivity contribution < 1.29 is 0 Å². The second-order valence-electron chi connectivity index (χ2n) is 12.0. The molecule has 10 rings (SSSR count). The lowest BCUT2D eigenvalue weighted by molar-refractivity contribution is 1.18. The molecule has 0 aliphatic heterocycles. The third-order valence-corrected chi connectivity index (χ3v) is 10.7. The van der Waals surface area contributed by atoms with Gasteiger partial charge >= 0.3 is 0 Å². The monoisotopic (exact) mass is 615 g/mol. The molecule has 10 aromatic rings. The number of hydrogen-bond acceptors (Lipinski definition) is 2. The van der Waals surface area contributed by atoms with Crippen LogP contribution in [0.2, 0.25) is 0 Å². The van der Waals surface area contributed by atoms with Crippen molar-refractivity contribution in [1.29, 1.82) is 5.26 Å². The van der Waals surface area contributed by atoms with Gasteiger partial charge in [0.2, 0.25) is 0 Å². The lowest BCUT2D eigenvalue weighted by Gasteiger charge is -2.16. The number of fused-ring (bicyclic) bond motifs is 10. The van der Waals surface area contributed by atoms with Crippen LogP contribution in [0.4, 0.5) is 0 Å². The fourth-order valence-corrected chi connectivity index (χ4v) is 8.73. The summed E-state index contributed by atoms with van der Waals surface area (Å²) in [6, 6.07) is 56.3. The van der Waals surface area contributed by atoms with Crippen molar-refractivity contribution in [2.24, 2.45) is 0 Å². The topological polar surface area (TPSA) is 33.6 Å². The predicted molar refractivity (Wildman–Crippen MR) is 198 cm³/mol. The van der Waals surface area contributed by atoms with Crippen molar-refractivity contribution in [1.82, 2.24) is 9.13 Å². The average Bonchev–Trinajstić information content (AvgIpc) is 3.79. The molecule has 4 heteroatoms. The number of aromatic nitrogens is 2. The van der Waals surface area contributed by atoms with Gasteiger partial charge < -0.3 is 9.13 Å². The van der Waals surface area contributed by atoms with Crippen LogP contribution in [-0.2, 0) is 0 Å². The van der Waals surface area contributed by atoms with E-state index in [2.05, 4.69) is 155 Å². The van der Waals surface area contributed by atoms with Crippen molar-refractivity contribution >= 4 is 75.1 Å². The van der Waals surface area contributed by atoms with Gasteiger partial charge in [0.1, 0.15) is 0 Å². The van der Waals surface area contributed by atoms with Crippen LogP contribution in [0.3, 0.4) is 0 Å². The Labute approximate surface area is 274 Å². The number of thiophene rings is 1. The Morgan fingerprint density at radius 1 is 0.489 bits per heavy atom. The first kappa shape index (κ1) is 26.1. The first-order valence-corrected chi connectivity index (χ1v) is 16.6. The van der Waals surface area contributed by atoms with Crippen LogP contribution in [0.15, 0.2) is 152 Å². The molecule has 47 heavy (non-hydrogen) atoms. The normalized spacial score (nSPS) is 11.8. The van der Waals surface area contributed by atoms with E-state index in [1.807, 2.05) is 23.5 Å². The summed E-state index contributed by atoms with van der Waals surface area (Å²) in [5, 5.41) is 17.8. The van der Waals surface area contributed by atoms with Gasteiger partial charge in [0.15, 0.2) is 0 Å². The first-order valence-electron chi connectivity index (χ1n) is 15.8. The predicted octanol–water partition coefficient (Wildman–Crippen LogP) is 11.8. The Hall–Kier alpha value is -6.15. The van der Waals surface area contributed by atoms with E-state index >= 15 is 0 Å². The number of hydrogen-bond donors (Lipinski definition) is 0. The van der Waals surface area contributed by atoms with E-state index in [0.717, 1.165) is 39.1 Å². The van der Waals surface area contributed by atoms with Crippen LogP contribution >= 0.6 is 11.3 Å². The minimum absolute atomic E-state index is 0.654. The zero-order valence-electron chi connectivity index (χ0n) is 25.2. The average molecular weight is 616 g/mol. The smallest absolute Gasteiger partial charge is 0.0998 e. The van der Waals surface area contributed by atoms with Crippen molar-refractivity contribution in [3.8, 4) is 28.6 Å². The lowest BCUT2D eigenvalue weighted by Crippen LogP contribution is -1.99. The van der Waals surface area contributed by atoms with Crippen molar-refractivity contribution in [2.75, 3.05) is 0 Å². The standard InChI is InChI=1S/C43H25N3S/c44-26-28-11-10-19-38(46-35-17-7-4-14-30(35)31-15-5-8-18-36(31)46)41(28)27-21-23-37-34(25-27)32-22-24-40-42(33-16-6-9-20-39(33)47-40)43(32)45(37)29-12-2-1-3-13-29/h1-25H. The zero-order valence-corrected chi connectivity index (χ0v) is 26.0. The summed E-state index contributed by atoms with van der Waals surface area (Å²) in [5.74, 6) is 0. The molecule has 0 saturated heterocycles. The van der Waals surface area contributed by atoms with Crippen LogP contribution < -0.4 is 0 Å². The van der Waals surface area contributed by atoms with Gasteiger partial charge in [0.05, 0.1) is 39.4 Å². The molecule has 0 aliphatic rings. The lowest BCUT2D eigenvalue weighted by atomic mass is 9.96. The number of para-hydroxylation sites is 3. The van der Waals surface area contributed by atoms with Gasteiger partial charge in [0, 0.05) is 53.0 Å². The molecular weight excluding hydrogens is 591 g/mol. The number of rotatable bonds is 3. The number of benzene rings is 7. The van der Waals surface area contributed by atoms with Gasteiger partial charge in [-0.05, 0) is 66.2 Å². The van der Waals surface area contributed by atoms with Gasteiger partial charge in [-0.2, -0.15) is 5.26 Å². The molecule has 3 heterocycles. The van der Waals surface area contributed by atoms with E-state index in [1.165, 1.54) is 47.2 Å². The second kappa shape index (κ2) is 9.92. The summed E-state index contributed by atoms with van der Waals surface area (Å²) in [6.07, 6.45) is 0. The van der Waals surface area contributed by atoms with E-state index in [1.54, 1.807) is 0 Å². The Morgan fingerprint density at radius 3 is 1.94 bits per heavy atom. The summed E-state index contributed by atoms with van der Waals surface area (Å²) in [7, 11) is 0. The number of nitrogens with zero attached hydrogens (tertiary/aromatic N) is 3. The molecule has 0 atom stereocenters. The summed E-state index contributed by atoms with van der Waals surface area (Å²) in [6.45, 7) is 0. The highest BCUT2D eigenvalue weighted by atomic mass is 32.1. The zero-order chi connectivity index (χ0) is 31.1. The molecule has 0 unspecified atom stereocenters. The molecule has 0 fully saturated rings. The second-order valence-corrected chi connectivity index (χ2v) is 13.1. The van der Waals surface area contributed by atoms with Crippen LogP contribution in [0.5, 0.6) is 0 Å². The van der Waals surface area contributed by atoms with Gasteiger partial charge in [-0.3, -0.25) is 0 Å². The molecule has 3 nitrogen and oxygen atoms in total. The maximum atomic E-state index is 10.5. The Morgan fingerprint density at radius 2 is 1.17 bits per heavy atom. The molecule has 218 valence electrons. The minimum Gasteiger partial charge on any atom is -0.309 e. The quantitative estimate of drug-likeness (QED) is 0.195. The highest BCUT2D eigenvalue weighted by Crippen LogP contribution is 2.45. The van der Waals surface area contributed by atoms with Crippen molar-refractivity contribution in [3.05, 3.63) is 157 Å². The highest BCUT2D eigenvalue weighted by molar-refractivity contribution is 7.26. The molecule has 0 bridgehead atoms. The Kier molecular flexibility index (Phi) is 5.51. The van der Waals surface area contributed by atoms with Crippen LogP contribution in [0, 0.1) is 11.3 Å². The summed E-state index contributed by atoms with van der Waals surface area (Å²) >= 11 is 1.85. The van der Waals surface area contributed by atoms with Gasteiger partial charge in [0.25, 0.3) is 0 Å². The number of nitriles is 1. The van der Waals surface area contributed by atoms with Crippen molar-refractivity contribution in [3.63, 3.8) is 0 Å². The maximum Gasteiger partial charge on any atom is 0.0998 e. The van der Waals surface area contributed by atoms with Crippen LogP contribution in [-0.4, -0.2) is 9.13 Å². The van der Waals surface area contributed by atoms with Gasteiger partial charge in [-0.1, -0.05) is 91.0 Å². The molecule has 0 N–H and O–H groups in total. The fourth-order valence-electron chi connectivity index (χ4n) is 7.62. The minimum atomic E-state index is 0.654. The first-order chi connectivity index (χ1) is 23.3. The Balaban J connectivity index is 1.33. The summed E-state index contributed by atoms with van der Waals surface area (Å²) in [4.78, 5) is 0. The highest BCUT2D eigenvalue weighted by Gasteiger charge is 2.21. The molecule has 0 spiro atoms. The van der Waals surface area contributed by atoms with Crippen LogP contribution in [0.1, 0.15) is 5.56 Å². The summed E-state index contributed by atoms with van der Waals surface area (Å²) in [5.41, 5.74) is 9.35. The van der Waals surface area contributed by atoms with E-state index < -0.39 is 0 Å². The maximum absolute atomic E-state index is 10.5. The van der Waals surface area contributed by atoms with Gasteiger partial charge in [-0.25, -0.2) is 0 Å². The molecular formula is C43H25N3S. The molecule has 3 aromatic heterocycles. The molecule has 7 aromatic carbocycles. The van der Waals surface area contributed by atoms with Gasteiger partial charge in [-0.15, -0.1) is 11.3 Å². The van der Waals surface area contributed by atoms with Crippen molar-refractivity contribution in [2.45, 2.75) is 0 Å². The molecule has 0 amide bonds. The molecule has 0 aliphatic carbocycles. The van der Waals surface area contributed by atoms with E-state index in [9.17, 15) is 5.26 Å². The molecule has 0 radical (unpaired) electrons. The van der Waals surface area contributed by atoms with Crippen LogP contribution in [0.25, 0.3) is 86.3 Å². The largest absolute Gasteiger partial charge is 0.309 e. The fraction of sp³-hybridized carbons (Fsp3) is 0. The Bertz CT molecular complexity index is 2860. The molecule has 0 saturated carbocycles. The van der Waals surface area contributed by atoms with E-state index in [0.29, 0.717) is 5.56 Å². The third-order valence-electron chi connectivity index (χ3n) is 9.55. The third kappa shape index (κ3) is 3.66. The van der Waals surface area contributed by atoms with E-state index in [4.69, 9.17) is 0 Å². The SMILES string of the molecule is N#Cc1cccc(-n2c3ccccc3c3ccccc32)c1-c1ccc2c(c1)c1ccc3sc4ccccc4c3c1n2-c1ccccc1. The van der Waals surface area contributed by atoms with E-state index in [-0.39, 0.29) is 0 Å².